The van der Waals surface area contributed by atoms with Crippen molar-refractivity contribution < 1.29 is 4.79 Å². The highest BCUT2D eigenvalue weighted by molar-refractivity contribution is 5.78. The number of likely N-dealkylation sites (tertiary alicyclic amines) is 1. The van der Waals surface area contributed by atoms with Gasteiger partial charge >= 0.3 is 5.69 Å². The summed E-state index contributed by atoms with van der Waals surface area (Å²) in [6.45, 7) is 11.2. The molecule has 0 aliphatic carbocycles. The maximum atomic E-state index is 12.8. The first-order valence-electron chi connectivity index (χ1n) is 10.5. The fourth-order valence-corrected chi connectivity index (χ4v) is 3.93. The molecule has 1 aliphatic rings. The molecule has 7 nitrogen and oxygen atoms in total. The number of nitrogens with zero attached hydrogens (tertiary/aromatic N) is 4. The van der Waals surface area contributed by atoms with E-state index in [0.717, 1.165) is 37.3 Å². The first-order valence-corrected chi connectivity index (χ1v) is 10.5. The Hall–Kier alpha value is -2.41. The summed E-state index contributed by atoms with van der Waals surface area (Å²) >= 11 is 0. The molecule has 1 saturated heterocycles. The third-order valence-electron chi connectivity index (χ3n) is 5.28. The summed E-state index contributed by atoms with van der Waals surface area (Å²) in [5, 5.41) is 7.72. The predicted molar refractivity (Wildman–Crippen MR) is 114 cm³/mol. The molecule has 1 N–H and O–H groups in total. The van der Waals surface area contributed by atoms with Gasteiger partial charge in [-0.1, -0.05) is 30.3 Å². The number of carbonyl (C=O) groups is 1. The summed E-state index contributed by atoms with van der Waals surface area (Å²) in [5.41, 5.74) is 0.818. The lowest BCUT2D eigenvalue weighted by Gasteiger charge is -2.32. The van der Waals surface area contributed by atoms with E-state index in [1.54, 1.807) is 9.25 Å². The van der Waals surface area contributed by atoms with E-state index in [1.807, 2.05) is 58.0 Å². The lowest BCUT2D eigenvalue weighted by Crippen LogP contribution is -2.47. The summed E-state index contributed by atoms with van der Waals surface area (Å²) in [6.07, 6.45) is 1.81. The minimum atomic E-state index is -0.210. The van der Waals surface area contributed by atoms with Crippen LogP contribution in [0.4, 0.5) is 0 Å². The van der Waals surface area contributed by atoms with Gasteiger partial charge in [-0.05, 0) is 59.2 Å². The van der Waals surface area contributed by atoms with Crippen molar-refractivity contribution >= 4 is 5.91 Å². The molecule has 0 bridgehead atoms. The van der Waals surface area contributed by atoms with Gasteiger partial charge < -0.3 is 5.32 Å². The Morgan fingerprint density at radius 3 is 2.41 bits per heavy atom. The standard InChI is InChI=1S/C22H33N5O2/c1-5-26-20(24-27(21(26)29)15-17-9-7-6-8-10-17)18-11-13-25(14-12-18)16-19(28)23-22(2,3)4/h6-10,18H,5,11-16H2,1-4H3,(H,23,28). The van der Waals surface area contributed by atoms with E-state index in [1.165, 1.54) is 0 Å². The van der Waals surface area contributed by atoms with Crippen LogP contribution in [0, 0.1) is 0 Å². The Balaban J connectivity index is 1.65. The number of nitrogens with one attached hydrogen (secondary N) is 1. The van der Waals surface area contributed by atoms with Crippen molar-refractivity contribution in [3.63, 3.8) is 0 Å². The summed E-state index contributed by atoms with van der Waals surface area (Å²) in [6, 6.07) is 9.95. The molecule has 29 heavy (non-hydrogen) atoms. The highest BCUT2D eigenvalue weighted by Crippen LogP contribution is 2.26. The van der Waals surface area contributed by atoms with Gasteiger partial charge in [0.2, 0.25) is 5.91 Å². The van der Waals surface area contributed by atoms with Gasteiger partial charge in [-0.2, -0.15) is 5.10 Å². The number of carbonyl (C=O) groups excluding carboxylic acids is 1. The molecule has 1 amide bonds. The van der Waals surface area contributed by atoms with Crippen molar-refractivity contribution in [2.45, 2.75) is 65.1 Å². The van der Waals surface area contributed by atoms with Crippen molar-refractivity contribution in [1.29, 1.82) is 0 Å². The quantitative estimate of drug-likeness (QED) is 0.808. The van der Waals surface area contributed by atoms with Crippen LogP contribution in [-0.4, -0.2) is 50.3 Å². The summed E-state index contributed by atoms with van der Waals surface area (Å²) in [7, 11) is 0. The number of amides is 1. The molecule has 1 aromatic heterocycles. The van der Waals surface area contributed by atoms with Crippen molar-refractivity contribution in [2.24, 2.45) is 0 Å². The van der Waals surface area contributed by atoms with Gasteiger partial charge in [0.1, 0.15) is 5.82 Å². The third-order valence-corrected chi connectivity index (χ3v) is 5.28. The van der Waals surface area contributed by atoms with Crippen molar-refractivity contribution in [3.8, 4) is 0 Å². The Morgan fingerprint density at radius 2 is 1.83 bits per heavy atom. The van der Waals surface area contributed by atoms with Crippen LogP contribution in [0.1, 0.15) is 57.8 Å². The molecule has 0 unspecified atom stereocenters. The molecule has 2 aromatic rings. The summed E-state index contributed by atoms with van der Waals surface area (Å²) in [4.78, 5) is 27.2. The number of piperidine rings is 1. The molecule has 0 spiro atoms. The van der Waals surface area contributed by atoms with Gasteiger partial charge in [0, 0.05) is 18.0 Å². The van der Waals surface area contributed by atoms with Crippen LogP contribution in [0.3, 0.4) is 0 Å². The molecule has 1 aliphatic heterocycles. The maximum Gasteiger partial charge on any atom is 0.346 e. The second kappa shape index (κ2) is 8.95. The molecular weight excluding hydrogens is 366 g/mol. The van der Waals surface area contributed by atoms with Crippen molar-refractivity contribution in [1.82, 2.24) is 24.6 Å². The van der Waals surface area contributed by atoms with Crippen LogP contribution in [0.5, 0.6) is 0 Å². The zero-order chi connectivity index (χ0) is 21.0. The first kappa shape index (κ1) is 21.3. The van der Waals surface area contributed by atoms with Crippen LogP contribution < -0.4 is 11.0 Å². The maximum absolute atomic E-state index is 12.8. The zero-order valence-corrected chi connectivity index (χ0v) is 18.0. The van der Waals surface area contributed by atoms with E-state index in [2.05, 4.69) is 10.2 Å². The van der Waals surface area contributed by atoms with Crippen LogP contribution in [0.15, 0.2) is 35.1 Å². The normalized spacial score (nSPS) is 16.1. The predicted octanol–water partition coefficient (Wildman–Crippen LogP) is 2.21. The molecule has 7 heteroatoms. The average Bonchev–Trinajstić information content (AvgIpc) is 2.97. The minimum Gasteiger partial charge on any atom is -0.350 e. The number of rotatable bonds is 6. The van der Waals surface area contributed by atoms with Gasteiger partial charge in [-0.3, -0.25) is 14.3 Å². The molecule has 1 fully saturated rings. The summed E-state index contributed by atoms with van der Waals surface area (Å²) in [5.74, 6) is 1.20. The Morgan fingerprint density at radius 1 is 1.17 bits per heavy atom. The highest BCUT2D eigenvalue weighted by Gasteiger charge is 2.27. The Kier molecular flexibility index (Phi) is 6.57. The third kappa shape index (κ3) is 5.56. The molecular formula is C22H33N5O2. The van der Waals surface area contributed by atoms with Gasteiger partial charge in [0.05, 0.1) is 13.1 Å². The topological polar surface area (TPSA) is 72.2 Å². The van der Waals surface area contributed by atoms with Crippen LogP contribution in [0.25, 0.3) is 0 Å². The van der Waals surface area contributed by atoms with Gasteiger partial charge in [-0.25, -0.2) is 9.48 Å². The smallest absolute Gasteiger partial charge is 0.346 e. The van der Waals surface area contributed by atoms with Crippen LogP contribution in [-0.2, 0) is 17.9 Å². The second-order valence-corrected chi connectivity index (χ2v) is 8.88. The number of benzene rings is 1. The Bertz CT molecular complexity index is 871. The Labute approximate surface area is 172 Å². The fourth-order valence-electron chi connectivity index (χ4n) is 3.93. The highest BCUT2D eigenvalue weighted by atomic mass is 16.2. The molecule has 2 heterocycles. The monoisotopic (exact) mass is 399 g/mol. The van der Waals surface area contributed by atoms with E-state index in [-0.39, 0.29) is 23.1 Å². The fraction of sp³-hybridized carbons (Fsp3) is 0.591. The van der Waals surface area contributed by atoms with E-state index in [4.69, 9.17) is 5.10 Å². The minimum absolute atomic E-state index is 0.0432. The van der Waals surface area contributed by atoms with E-state index in [9.17, 15) is 9.59 Å². The zero-order valence-electron chi connectivity index (χ0n) is 18.0. The number of hydrogen-bond acceptors (Lipinski definition) is 4. The molecule has 158 valence electrons. The van der Waals surface area contributed by atoms with E-state index in [0.29, 0.717) is 19.6 Å². The molecule has 0 radical (unpaired) electrons. The molecule has 3 rings (SSSR count). The lowest BCUT2D eigenvalue weighted by molar-refractivity contribution is -0.123. The number of aromatic nitrogens is 3. The van der Waals surface area contributed by atoms with Gasteiger partial charge in [0.25, 0.3) is 0 Å². The average molecular weight is 400 g/mol. The summed E-state index contributed by atoms with van der Waals surface area (Å²) < 4.78 is 3.38. The molecule has 0 saturated carbocycles. The number of hydrogen-bond donors (Lipinski definition) is 1. The van der Waals surface area contributed by atoms with Gasteiger partial charge in [-0.15, -0.1) is 0 Å². The molecule has 1 aromatic carbocycles. The van der Waals surface area contributed by atoms with Gasteiger partial charge in [0.15, 0.2) is 0 Å². The van der Waals surface area contributed by atoms with Crippen molar-refractivity contribution in [3.05, 3.63) is 52.2 Å². The largest absolute Gasteiger partial charge is 0.350 e. The van der Waals surface area contributed by atoms with Crippen molar-refractivity contribution in [2.75, 3.05) is 19.6 Å². The SMILES string of the molecule is CCn1c(C2CCN(CC(=O)NC(C)(C)C)CC2)nn(Cc2ccccc2)c1=O. The van der Waals surface area contributed by atoms with E-state index < -0.39 is 0 Å². The lowest BCUT2D eigenvalue weighted by atomic mass is 9.96. The van der Waals surface area contributed by atoms with Crippen LogP contribution >= 0.6 is 0 Å². The van der Waals surface area contributed by atoms with Crippen LogP contribution in [0.2, 0.25) is 0 Å². The first-order chi connectivity index (χ1) is 13.8. The van der Waals surface area contributed by atoms with E-state index >= 15 is 0 Å². The second-order valence-electron chi connectivity index (χ2n) is 8.88. The molecule has 0 atom stereocenters.